The van der Waals surface area contributed by atoms with Gasteiger partial charge in [0.15, 0.2) is 0 Å². The lowest BCUT2D eigenvalue weighted by molar-refractivity contribution is -0.129. The van der Waals surface area contributed by atoms with Crippen LogP contribution in [0, 0.1) is 0 Å². The number of primary amides is 1. The molecule has 1 aromatic heterocycles. The highest BCUT2D eigenvalue weighted by molar-refractivity contribution is 7.13. The Morgan fingerprint density at radius 3 is 1.90 bits per heavy atom. The normalized spacial score (nSPS) is 13.1. The van der Waals surface area contributed by atoms with E-state index in [0.29, 0.717) is 16.3 Å². The molecule has 1 heterocycles. The Morgan fingerprint density at radius 1 is 0.843 bits per heavy atom. The van der Waals surface area contributed by atoms with E-state index in [0.717, 1.165) is 10.4 Å². The molecule has 0 radical (unpaired) electrons. The van der Waals surface area contributed by atoms with Crippen molar-refractivity contribution < 1.29 is 33.4 Å². The van der Waals surface area contributed by atoms with E-state index in [-0.39, 0.29) is 12.3 Å². The Kier molecular flexibility index (Phi) is 12.5. The standard InChI is InChI=1S/C37H45N5O7SSi/c1-36(2,3)49-35(47)39-25-19-17-24(18-20-25)34-42-30(23-50-34)33(46)41-29(32(45)40-28(21-43)31(38)44)22-48-51(37(4,5)6,26-13-9-7-10-14-26)27-15-11-8-12-16-27/h7-20,23,28-29,43H,21-22H2,1-6H3,(H2,38,44)(H,39,47)(H,40,45)(H,41,46)/t28-,29-/m0/s1. The lowest BCUT2D eigenvalue weighted by Crippen LogP contribution is -2.68. The van der Waals surface area contributed by atoms with Crippen LogP contribution in [0.5, 0.6) is 0 Å². The van der Waals surface area contributed by atoms with Crippen LogP contribution < -0.4 is 32.1 Å². The predicted molar refractivity (Wildman–Crippen MR) is 200 cm³/mol. The van der Waals surface area contributed by atoms with Gasteiger partial charge in [0.25, 0.3) is 14.2 Å². The molecule has 0 spiro atoms. The maximum Gasteiger partial charge on any atom is 0.412 e. The average Bonchev–Trinajstić information content (AvgIpc) is 3.57. The van der Waals surface area contributed by atoms with Gasteiger partial charge in [-0.05, 0) is 60.4 Å². The Balaban J connectivity index is 1.61. The van der Waals surface area contributed by atoms with Gasteiger partial charge in [0.05, 0.1) is 13.2 Å². The van der Waals surface area contributed by atoms with E-state index in [2.05, 4.69) is 41.7 Å². The highest BCUT2D eigenvalue weighted by Crippen LogP contribution is 2.37. The molecule has 0 fully saturated rings. The summed E-state index contributed by atoms with van der Waals surface area (Å²) in [6.07, 6.45) is -0.581. The molecule has 4 amide bonds. The second-order valence-corrected chi connectivity index (χ2v) is 19.1. The first-order valence-electron chi connectivity index (χ1n) is 16.4. The van der Waals surface area contributed by atoms with E-state index in [1.54, 1.807) is 50.4 Å². The number of aromatic nitrogens is 1. The molecule has 0 aliphatic heterocycles. The van der Waals surface area contributed by atoms with Gasteiger partial charge in [0.2, 0.25) is 11.8 Å². The number of amides is 4. The number of hydrogen-bond acceptors (Lipinski definition) is 9. The minimum Gasteiger partial charge on any atom is -0.444 e. The molecule has 4 rings (SSSR count). The maximum atomic E-state index is 13.7. The maximum absolute atomic E-state index is 13.7. The number of anilines is 1. The van der Waals surface area contributed by atoms with Crippen LogP contribution in [0.4, 0.5) is 10.5 Å². The molecule has 0 bridgehead atoms. The summed E-state index contributed by atoms with van der Waals surface area (Å²) in [4.78, 5) is 55.9. The fourth-order valence-electron chi connectivity index (χ4n) is 5.49. The van der Waals surface area contributed by atoms with E-state index in [9.17, 15) is 24.3 Å². The summed E-state index contributed by atoms with van der Waals surface area (Å²) in [6.45, 7) is 10.6. The van der Waals surface area contributed by atoms with Crippen LogP contribution in [0.3, 0.4) is 0 Å². The van der Waals surface area contributed by atoms with E-state index in [4.69, 9.17) is 14.9 Å². The van der Waals surface area contributed by atoms with Crippen molar-refractivity contribution in [3.05, 3.63) is 96.0 Å². The molecule has 270 valence electrons. The van der Waals surface area contributed by atoms with Crippen LogP contribution in [0.25, 0.3) is 10.6 Å². The number of hydrogen-bond donors (Lipinski definition) is 5. The van der Waals surface area contributed by atoms with Gasteiger partial charge < -0.3 is 30.6 Å². The van der Waals surface area contributed by atoms with Gasteiger partial charge in [-0.2, -0.15) is 0 Å². The second-order valence-electron chi connectivity index (χ2n) is 13.9. The molecule has 4 aromatic rings. The summed E-state index contributed by atoms with van der Waals surface area (Å²) in [5.74, 6) is -2.34. The Morgan fingerprint density at radius 2 is 1.41 bits per heavy atom. The molecule has 0 unspecified atom stereocenters. The van der Waals surface area contributed by atoms with Gasteiger partial charge in [0, 0.05) is 16.6 Å². The Bertz CT molecular complexity index is 1770. The first-order chi connectivity index (χ1) is 24.0. The highest BCUT2D eigenvalue weighted by Gasteiger charge is 2.50. The molecule has 2 atom stereocenters. The number of nitrogens with two attached hydrogens (primary N) is 1. The zero-order valence-corrected chi connectivity index (χ0v) is 31.4. The molecule has 51 heavy (non-hydrogen) atoms. The van der Waals surface area contributed by atoms with Crippen molar-refractivity contribution in [2.24, 2.45) is 5.73 Å². The van der Waals surface area contributed by atoms with Crippen LogP contribution in [-0.2, 0) is 18.8 Å². The quantitative estimate of drug-likeness (QED) is 0.129. The van der Waals surface area contributed by atoms with Gasteiger partial charge in [-0.25, -0.2) is 9.78 Å². The molecule has 3 aromatic carbocycles. The van der Waals surface area contributed by atoms with E-state index >= 15 is 0 Å². The third kappa shape index (κ3) is 9.88. The largest absolute Gasteiger partial charge is 0.444 e. The average molecular weight is 732 g/mol. The number of nitrogens with zero attached hydrogens (tertiary/aromatic N) is 1. The molecule has 6 N–H and O–H groups in total. The summed E-state index contributed by atoms with van der Waals surface area (Å²) in [5, 5.41) is 21.2. The number of aliphatic hydroxyl groups is 1. The Labute approximate surface area is 302 Å². The lowest BCUT2D eigenvalue weighted by atomic mass is 10.2. The molecule has 14 heteroatoms. The zero-order chi connectivity index (χ0) is 37.4. The van der Waals surface area contributed by atoms with Gasteiger partial charge >= 0.3 is 6.09 Å². The third-order valence-corrected chi connectivity index (χ3v) is 13.8. The second kappa shape index (κ2) is 16.4. The van der Waals surface area contributed by atoms with Crippen molar-refractivity contribution >= 4 is 59.5 Å². The first kappa shape index (κ1) is 38.9. The van der Waals surface area contributed by atoms with Gasteiger partial charge in [-0.15, -0.1) is 11.3 Å². The molecular formula is C37H45N5O7SSi. The molecule has 0 saturated heterocycles. The predicted octanol–water partition coefficient (Wildman–Crippen LogP) is 3.79. The fraction of sp³-hybridized carbons (Fsp3) is 0.324. The number of carbonyl (C=O) groups excluding carboxylic acids is 4. The molecule has 0 saturated carbocycles. The summed E-state index contributed by atoms with van der Waals surface area (Å²) >= 11 is 1.22. The number of carbonyl (C=O) groups is 4. The number of ether oxygens (including phenoxy) is 1. The third-order valence-electron chi connectivity index (χ3n) is 7.86. The van der Waals surface area contributed by atoms with Crippen molar-refractivity contribution in [1.29, 1.82) is 0 Å². The van der Waals surface area contributed by atoms with Crippen LogP contribution in [0.15, 0.2) is 90.3 Å². The summed E-state index contributed by atoms with van der Waals surface area (Å²) in [5.41, 5.74) is 6.03. The van der Waals surface area contributed by atoms with Gasteiger partial charge in [-0.1, -0.05) is 81.4 Å². The SMILES string of the molecule is CC(C)(C)OC(=O)Nc1ccc(-c2nc(C(=O)N[C@@H](CO[Si](c3ccccc3)(c3ccccc3)C(C)(C)C)C(=O)N[C@@H](CO)C(N)=O)cs2)cc1. The van der Waals surface area contributed by atoms with Crippen molar-refractivity contribution in [1.82, 2.24) is 15.6 Å². The first-order valence-corrected chi connectivity index (χ1v) is 19.1. The minimum atomic E-state index is -3.15. The van der Waals surface area contributed by atoms with Gasteiger partial charge in [-0.3, -0.25) is 19.7 Å². The monoisotopic (exact) mass is 731 g/mol. The smallest absolute Gasteiger partial charge is 0.412 e. The minimum absolute atomic E-state index is 0.0582. The number of aliphatic hydroxyl groups excluding tert-OH is 1. The number of thiazole rings is 1. The number of nitrogens with one attached hydrogen (secondary N) is 3. The lowest BCUT2D eigenvalue weighted by Gasteiger charge is -2.43. The zero-order valence-electron chi connectivity index (χ0n) is 29.6. The molecular weight excluding hydrogens is 687 g/mol. The van der Waals surface area contributed by atoms with Crippen LogP contribution >= 0.6 is 11.3 Å². The van der Waals surface area contributed by atoms with Crippen LogP contribution in [-0.4, -0.2) is 73.1 Å². The summed E-state index contributed by atoms with van der Waals surface area (Å²) in [6, 6.07) is 23.8. The van der Waals surface area contributed by atoms with Crippen molar-refractivity contribution in [3.63, 3.8) is 0 Å². The van der Waals surface area contributed by atoms with Crippen molar-refractivity contribution in [2.75, 3.05) is 18.5 Å². The van der Waals surface area contributed by atoms with E-state index in [1.165, 1.54) is 11.3 Å². The van der Waals surface area contributed by atoms with Gasteiger partial charge in [0.1, 0.15) is 28.4 Å². The summed E-state index contributed by atoms with van der Waals surface area (Å²) in [7, 11) is -3.15. The number of rotatable bonds is 13. The molecule has 12 nitrogen and oxygen atoms in total. The van der Waals surface area contributed by atoms with Crippen LogP contribution in [0.1, 0.15) is 52.0 Å². The Hall–Kier alpha value is -4.89. The summed E-state index contributed by atoms with van der Waals surface area (Å²) < 4.78 is 12.2. The van der Waals surface area contributed by atoms with Crippen LogP contribution in [0.2, 0.25) is 5.04 Å². The topological polar surface area (TPSA) is 182 Å². The van der Waals surface area contributed by atoms with Crippen molar-refractivity contribution in [3.8, 4) is 10.6 Å². The molecule has 0 aliphatic rings. The molecule has 0 aliphatic carbocycles. The van der Waals surface area contributed by atoms with E-state index in [1.807, 2.05) is 60.7 Å². The van der Waals surface area contributed by atoms with Crippen molar-refractivity contribution in [2.45, 2.75) is 64.3 Å². The fourth-order valence-corrected chi connectivity index (χ4v) is 10.9. The highest BCUT2D eigenvalue weighted by atomic mass is 32.1. The number of benzene rings is 3. The van der Waals surface area contributed by atoms with E-state index < -0.39 is 61.5 Å².